The molecule has 41 heavy (non-hydrogen) atoms. The zero-order valence-corrected chi connectivity index (χ0v) is 29.8. The Labute approximate surface area is 267 Å². The van der Waals surface area contributed by atoms with Gasteiger partial charge in [-0.25, -0.2) is 0 Å². The molecule has 0 rings (SSSR count). The third kappa shape index (κ3) is 34.6. The molecule has 0 aromatic carbocycles. The molecule has 0 radical (unpaired) electrons. The fourth-order valence-electron chi connectivity index (χ4n) is 6.34. The number of hydrogen-bond donors (Lipinski definition) is 1. The molecular formula is C38H80ClNO. The highest BCUT2D eigenvalue weighted by Gasteiger charge is 2.18. The van der Waals surface area contributed by atoms with Crippen molar-refractivity contribution in [1.82, 2.24) is 0 Å². The molecular weight excluding hydrogens is 522 g/mol. The lowest BCUT2D eigenvalue weighted by molar-refractivity contribution is -0.927. The number of aliphatic hydroxyl groups excluding tert-OH is 1. The lowest BCUT2D eigenvalue weighted by atomic mass is 10.0. The van der Waals surface area contributed by atoms with Gasteiger partial charge in [0.05, 0.1) is 20.1 Å². The van der Waals surface area contributed by atoms with Gasteiger partial charge in [-0.3, -0.25) is 0 Å². The summed E-state index contributed by atoms with van der Waals surface area (Å²) in [5.74, 6) is 0. The number of halogens is 1. The summed E-state index contributed by atoms with van der Waals surface area (Å²) in [6.45, 7) is 7.24. The minimum Gasteiger partial charge on any atom is -1.00 e. The van der Waals surface area contributed by atoms with E-state index in [9.17, 15) is 5.11 Å². The molecule has 0 spiro atoms. The van der Waals surface area contributed by atoms with Gasteiger partial charge in [-0.2, -0.15) is 0 Å². The highest BCUT2D eigenvalue weighted by molar-refractivity contribution is 4.52. The van der Waals surface area contributed by atoms with Crippen molar-refractivity contribution in [1.29, 1.82) is 0 Å². The standard InChI is InChI=1S/C38H80NO.ClH/c1-4-6-8-10-12-14-16-18-20-22-24-26-28-30-32-34-36-39(3,38-40)37-35-33-31-29-27-25-23-21-19-17-15-13-11-9-7-5-2;/h40H,4-38H2,1-3H3;1H/q+1;/p-1. The summed E-state index contributed by atoms with van der Waals surface area (Å²) in [6, 6.07) is 0. The van der Waals surface area contributed by atoms with Crippen molar-refractivity contribution in [3.8, 4) is 0 Å². The Bertz CT molecular complexity index is 422. The van der Waals surface area contributed by atoms with Gasteiger partial charge < -0.3 is 22.0 Å². The second-order valence-electron chi connectivity index (χ2n) is 13.8. The van der Waals surface area contributed by atoms with Gasteiger partial charge in [-0.05, 0) is 25.7 Å². The largest absolute Gasteiger partial charge is 1.00 e. The van der Waals surface area contributed by atoms with E-state index >= 15 is 0 Å². The summed E-state index contributed by atoms with van der Waals surface area (Å²) in [5.41, 5.74) is 0. The SMILES string of the molecule is CCCCCCCCCCCCCCCCCC[N+](C)(CO)CCCCCCCCCCCCCCCCCC.[Cl-]. The third-order valence-electron chi connectivity index (χ3n) is 9.44. The molecule has 0 saturated heterocycles. The van der Waals surface area contributed by atoms with Crippen LogP contribution in [0.5, 0.6) is 0 Å². The minimum absolute atomic E-state index is 0. The molecule has 0 heterocycles. The lowest BCUT2D eigenvalue weighted by Crippen LogP contribution is -3.00. The lowest BCUT2D eigenvalue weighted by Gasteiger charge is -2.32. The Kier molecular flexibility index (Phi) is 38.5. The van der Waals surface area contributed by atoms with Gasteiger partial charge in [0.2, 0.25) is 0 Å². The van der Waals surface area contributed by atoms with Gasteiger partial charge in [0.25, 0.3) is 0 Å². The second kappa shape index (κ2) is 36.4. The van der Waals surface area contributed by atoms with Crippen molar-refractivity contribution in [3.05, 3.63) is 0 Å². The quantitative estimate of drug-likeness (QED) is 0.0435. The highest BCUT2D eigenvalue weighted by Crippen LogP contribution is 2.17. The topological polar surface area (TPSA) is 20.2 Å². The normalized spacial score (nSPS) is 11.7. The first-order valence-corrected chi connectivity index (χ1v) is 19.1. The molecule has 1 N–H and O–H groups in total. The molecule has 250 valence electrons. The van der Waals surface area contributed by atoms with E-state index in [0.29, 0.717) is 6.73 Å². The molecule has 0 unspecified atom stereocenters. The molecule has 0 bridgehead atoms. The summed E-state index contributed by atoms with van der Waals surface area (Å²) in [6.07, 6.45) is 45.6. The number of rotatable bonds is 35. The van der Waals surface area contributed by atoms with Crippen molar-refractivity contribution in [2.24, 2.45) is 0 Å². The van der Waals surface area contributed by atoms with Gasteiger partial charge in [0.1, 0.15) is 0 Å². The summed E-state index contributed by atoms with van der Waals surface area (Å²) in [7, 11) is 2.27. The molecule has 0 aromatic heterocycles. The average Bonchev–Trinajstić information content (AvgIpc) is 2.96. The third-order valence-corrected chi connectivity index (χ3v) is 9.44. The van der Waals surface area contributed by atoms with E-state index in [2.05, 4.69) is 20.9 Å². The van der Waals surface area contributed by atoms with Crippen LogP contribution in [0, 0.1) is 0 Å². The molecule has 0 saturated carbocycles. The fraction of sp³-hybridized carbons (Fsp3) is 1.00. The highest BCUT2D eigenvalue weighted by atomic mass is 35.5. The number of nitrogens with zero attached hydrogens (tertiary/aromatic N) is 1. The van der Waals surface area contributed by atoms with E-state index < -0.39 is 0 Å². The van der Waals surface area contributed by atoms with Crippen LogP contribution >= 0.6 is 0 Å². The molecule has 0 aromatic rings. The smallest absolute Gasteiger partial charge is 0.180 e. The van der Waals surface area contributed by atoms with Crippen LogP contribution in [0.2, 0.25) is 0 Å². The van der Waals surface area contributed by atoms with E-state index in [1.54, 1.807) is 0 Å². The maximum absolute atomic E-state index is 10.0. The Morgan fingerprint density at radius 3 is 0.659 bits per heavy atom. The number of quaternary nitrogens is 1. The van der Waals surface area contributed by atoms with Crippen LogP contribution in [0.1, 0.15) is 219 Å². The molecule has 0 amide bonds. The van der Waals surface area contributed by atoms with Crippen molar-refractivity contribution in [3.63, 3.8) is 0 Å². The van der Waals surface area contributed by atoms with Crippen molar-refractivity contribution < 1.29 is 22.0 Å². The van der Waals surface area contributed by atoms with Crippen LogP contribution in [0.15, 0.2) is 0 Å². The van der Waals surface area contributed by atoms with E-state index in [1.165, 1.54) is 205 Å². The summed E-state index contributed by atoms with van der Waals surface area (Å²) >= 11 is 0. The van der Waals surface area contributed by atoms with Crippen molar-refractivity contribution in [2.45, 2.75) is 219 Å². The zero-order valence-electron chi connectivity index (χ0n) is 29.0. The Morgan fingerprint density at radius 1 is 0.317 bits per heavy atom. The monoisotopic (exact) mass is 602 g/mol. The zero-order chi connectivity index (χ0) is 29.2. The second-order valence-corrected chi connectivity index (χ2v) is 13.8. The minimum atomic E-state index is 0. The van der Waals surface area contributed by atoms with Gasteiger partial charge in [-0.1, -0.05) is 194 Å². The predicted molar refractivity (Wildman–Crippen MR) is 182 cm³/mol. The van der Waals surface area contributed by atoms with Crippen molar-refractivity contribution in [2.75, 3.05) is 26.9 Å². The molecule has 0 atom stereocenters. The first kappa shape index (κ1) is 43.3. The first-order chi connectivity index (χ1) is 19.7. The van der Waals surface area contributed by atoms with Crippen LogP contribution in [0.25, 0.3) is 0 Å². The maximum atomic E-state index is 10.0. The Morgan fingerprint density at radius 2 is 0.488 bits per heavy atom. The molecule has 3 heteroatoms. The number of unbranched alkanes of at least 4 members (excludes halogenated alkanes) is 30. The van der Waals surface area contributed by atoms with E-state index in [1.807, 2.05) is 0 Å². The van der Waals surface area contributed by atoms with E-state index in [4.69, 9.17) is 0 Å². The molecule has 2 nitrogen and oxygen atoms in total. The predicted octanol–water partition coefficient (Wildman–Crippen LogP) is 9.91. The Hall–Kier alpha value is 0.210. The van der Waals surface area contributed by atoms with E-state index in [0.717, 1.165) is 17.6 Å². The van der Waals surface area contributed by atoms with Gasteiger partial charge in [0, 0.05) is 0 Å². The van der Waals surface area contributed by atoms with Gasteiger partial charge >= 0.3 is 0 Å². The average molecular weight is 603 g/mol. The van der Waals surface area contributed by atoms with Crippen LogP contribution < -0.4 is 12.4 Å². The summed E-state index contributed by atoms with van der Waals surface area (Å²) in [5, 5.41) is 10.0. The fourth-order valence-corrected chi connectivity index (χ4v) is 6.34. The Balaban J connectivity index is 0. The molecule has 0 aliphatic heterocycles. The van der Waals surface area contributed by atoms with Gasteiger partial charge in [0.15, 0.2) is 6.73 Å². The van der Waals surface area contributed by atoms with Crippen LogP contribution in [-0.4, -0.2) is 36.5 Å². The van der Waals surface area contributed by atoms with Gasteiger partial charge in [-0.15, -0.1) is 0 Å². The summed E-state index contributed by atoms with van der Waals surface area (Å²) in [4.78, 5) is 0. The molecule has 0 aliphatic carbocycles. The first-order valence-electron chi connectivity index (χ1n) is 19.1. The molecule has 0 fully saturated rings. The number of aliphatic hydroxyl groups is 1. The van der Waals surface area contributed by atoms with Crippen molar-refractivity contribution >= 4 is 0 Å². The van der Waals surface area contributed by atoms with Crippen LogP contribution in [0.4, 0.5) is 0 Å². The van der Waals surface area contributed by atoms with Crippen LogP contribution in [-0.2, 0) is 0 Å². The summed E-state index contributed by atoms with van der Waals surface area (Å²) < 4.78 is 0.872. The molecule has 0 aliphatic rings. The van der Waals surface area contributed by atoms with Crippen LogP contribution in [0.3, 0.4) is 0 Å². The van der Waals surface area contributed by atoms with E-state index in [-0.39, 0.29) is 12.4 Å². The number of hydrogen-bond acceptors (Lipinski definition) is 1. The maximum Gasteiger partial charge on any atom is 0.180 e.